The zero-order valence-electron chi connectivity index (χ0n) is 8.34. The highest BCUT2D eigenvalue weighted by Gasteiger charge is 2.08. The fourth-order valence-electron chi connectivity index (χ4n) is 1.32. The molecule has 0 bridgehead atoms. The lowest BCUT2D eigenvalue weighted by Gasteiger charge is -2.05. The van der Waals surface area contributed by atoms with Crippen molar-refractivity contribution >= 4 is 39.1 Å². The molecule has 0 aliphatic carbocycles. The number of aromatic nitrogens is 2. The van der Waals surface area contributed by atoms with Crippen molar-refractivity contribution in [1.82, 2.24) is 9.97 Å². The lowest BCUT2D eigenvalue weighted by atomic mass is 10.2. The molecule has 2 aromatic rings. The van der Waals surface area contributed by atoms with Crippen LogP contribution in [0.2, 0.25) is 10.2 Å². The van der Waals surface area contributed by atoms with Gasteiger partial charge in [0, 0.05) is 20.8 Å². The zero-order valence-corrected chi connectivity index (χ0v) is 11.4. The monoisotopic (exact) mass is 316 g/mol. The Morgan fingerprint density at radius 3 is 2.56 bits per heavy atom. The molecule has 16 heavy (non-hydrogen) atoms. The summed E-state index contributed by atoms with van der Waals surface area (Å²) in [7, 11) is 0. The molecular formula is C11H7BrCl2N2. The van der Waals surface area contributed by atoms with Crippen molar-refractivity contribution in [3.8, 4) is 11.4 Å². The molecule has 1 heterocycles. The Bertz CT molecular complexity index is 523. The molecule has 0 radical (unpaired) electrons. The van der Waals surface area contributed by atoms with Crippen LogP contribution in [-0.2, 0) is 0 Å². The van der Waals surface area contributed by atoms with Gasteiger partial charge in [-0.2, -0.15) is 0 Å². The van der Waals surface area contributed by atoms with Gasteiger partial charge >= 0.3 is 0 Å². The summed E-state index contributed by atoms with van der Waals surface area (Å²) in [5, 5.41) is 1.06. The van der Waals surface area contributed by atoms with E-state index in [9.17, 15) is 0 Å². The fourth-order valence-corrected chi connectivity index (χ4v) is 2.15. The van der Waals surface area contributed by atoms with E-state index in [1.807, 2.05) is 13.0 Å². The average molecular weight is 318 g/mol. The van der Waals surface area contributed by atoms with Gasteiger partial charge in [-0.3, -0.25) is 0 Å². The van der Waals surface area contributed by atoms with Crippen molar-refractivity contribution in [3.05, 3.63) is 44.6 Å². The topological polar surface area (TPSA) is 25.8 Å². The van der Waals surface area contributed by atoms with E-state index >= 15 is 0 Å². The Labute approximate surface area is 112 Å². The standard InChI is InChI=1S/C11H7BrCl2N2/c1-6-4-10(14)16-11(15-6)8-5-7(13)2-3-9(8)12/h2-5H,1H3. The molecule has 0 amide bonds. The SMILES string of the molecule is Cc1cc(Cl)nc(-c2cc(Cl)ccc2Br)n1. The lowest BCUT2D eigenvalue weighted by Crippen LogP contribution is -1.93. The molecular weight excluding hydrogens is 311 g/mol. The largest absolute Gasteiger partial charge is 0.233 e. The van der Waals surface area contributed by atoms with Crippen LogP contribution >= 0.6 is 39.1 Å². The van der Waals surface area contributed by atoms with Gasteiger partial charge in [-0.1, -0.05) is 39.1 Å². The van der Waals surface area contributed by atoms with E-state index in [1.54, 1.807) is 18.2 Å². The third-order valence-corrected chi connectivity index (χ3v) is 3.11. The van der Waals surface area contributed by atoms with E-state index in [-0.39, 0.29) is 0 Å². The summed E-state index contributed by atoms with van der Waals surface area (Å²) in [5.41, 5.74) is 1.65. The predicted octanol–water partition coefficient (Wildman–Crippen LogP) is 4.52. The number of benzene rings is 1. The molecule has 2 nitrogen and oxygen atoms in total. The molecule has 0 saturated heterocycles. The molecule has 1 aromatic heterocycles. The van der Waals surface area contributed by atoms with Gasteiger partial charge < -0.3 is 0 Å². The van der Waals surface area contributed by atoms with E-state index in [1.165, 1.54) is 0 Å². The van der Waals surface area contributed by atoms with Crippen molar-refractivity contribution in [2.45, 2.75) is 6.92 Å². The van der Waals surface area contributed by atoms with Gasteiger partial charge in [-0.15, -0.1) is 0 Å². The Balaban J connectivity index is 2.62. The summed E-state index contributed by atoms with van der Waals surface area (Å²) < 4.78 is 0.888. The molecule has 2 rings (SSSR count). The third kappa shape index (κ3) is 2.54. The van der Waals surface area contributed by atoms with Crippen molar-refractivity contribution < 1.29 is 0 Å². The van der Waals surface area contributed by atoms with Crippen LogP contribution in [0.15, 0.2) is 28.7 Å². The number of halogens is 3. The molecule has 0 aliphatic heterocycles. The van der Waals surface area contributed by atoms with Crippen molar-refractivity contribution in [2.75, 3.05) is 0 Å². The Morgan fingerprint density at radius 2 is 1.88 bits per heavy atom. The number of aryl methyl sites for hydroxylation is 1. The Kier molecular flexibility index (Phi) is 3.47. The Hall–Kier alpha value is -0.640. The lowest BCUT2D eigenvalue weighted by molar-refractivity contribution is 1.11. The maximum absolute atomic E-state index is 5.94. The predicted molar refractivity (Wildman–Crippen MR) is 69.9 cm³/mol. The van der Waals surface area contributed by atoms with Crippen LogP contribution in [0.5, 0.6) is 0 Å². The summed E-state index contributed by atoms with van der Waals surface area (Å²) in [5.74, 6) is 0.569. The normalized spacial score (nSPS) is 10.5. The second-order valence-corrected chi connectivity index (χ2v) is 4.96. The highest BCUT2D eigenvalue weighted by atomic mass is 79.9. The van der Waals surface area contributed by atoms with E-state index in [0.29, 0.717) is 16.0 Å². The van der Waals surface area contributed by atoms with Gasteiger partial charge in [0.1, 0.15) is 5.15 Å². The minimum Gasteiger partial charge on any atom is -0.233 e. The van der Waals surface area contributed by atoms with Gasteiger partial charge in [0.25, 0.3) is 0 Å². The van der Waals surface area contributed by atoms with Gasteiger partial charge in [0.05, 0.1) is 0 Å². The molecule has 0 fully saturated rings. The van der Waals surface area contributed by atoms with Crippen molar-refractivity contribution in [3.63, 3.8) is 0 Å². The molecule has 0 unspecified atom stereocenters. The minimum atomic E-state index is 0.425. The van der Waals surface area contributed by atoms with Gasteiger partial charge in [-0.05, 0) is 31.2 Å². The Morgan fingerprint density at radius 1 is 1.12 bits per heavy atom. The highest BCUT2D eigenvalue weighted by molar-refractivity contribution is 9.10. The number of hydrogen-bond donors (Lipinski definition) is 0. The van der Waals surface area contributed by atoms with Crippen LogP contribution in [0.1, 0.15) is 5.69 Å². The second kappa shape index (κ2) is 4.70. The first-order valence-corrected chi connectivity index (χ1v) is 6.08. The number of hydrogen-bond acceptors (Lipinski definition) is 2. The molecule has 0 aliphatic rings. The second-order valence-electron chi connectivity index (χ2n) is 3.28. The summed E-state index contributed by atoms with van der Waals surface area (Å²) in [6.07, 6.45) is 0. The number of rotatable bonds is 1. The molecule has 5 heteroatoms. The van der Waals surface area contributed by atoms with E-state index in [0.717, 1.165) is 15.7 Å². The van der Waals surface area contributed by atoms with Crippen LogP contribution in [0.25, 0.3) is 11.4 Å². The van der Waals surface area contributed by atoms with E-state index < -0.39 is 0 Å². The van der Waals surface area contributed by atoms with Gasteiger partial charge in [-0.25, -0.2) is 9.97 Å². The fraction of sp³-hybridized carbons (Fsp3) is 0.0909. The van der Waals surface area contributed by atoms with Crippen LogP contribution in [-0.4, -0.2) is 9.97 Å². The average Bonchev–Trinajstić information content (AvgIpc) is 2.20. The summed E-state index contributed by atoms with van der Waals surface area (Å²) >= 11 is 15.3. The summed E-state index contributed by atoms with van der Waals surface area (Å²) in [4.78, 5) is 8.49. The zero-order chi connectivity index (χ0) is 11.7. The smallest absolute Gasteiger partial charge is 0.162 e. The van der Waals surface area contributed by atoms with Crippen LogP contribution in [0.3, 0.4) is 0 Å². The molecule has 1 aromatic carbocycles. The molecule has 0 spiro atoms. The quantitative estimate of drug-likeness (QED) is 0.723. The first kappa shape index (κ1) is 11.8. The van der Waals surface area contributed by atoms with Crippen molar-refractivity contribution in [1.29, 1.82) is 0 Å². The van der Waals surface area contributed by atoms with E-state index in [4.69, 9.17) is 23.2 Å². The highest BCUT2D eigenvalue weighted by Crippen LogP contribution is 2.29. The van der Waals surface area contributed by atoms with Crippen LogP contribution < -0.4 is 0 Å². The summed E-state index contributed by atoms with van der Waals surface area (Å²) in [6, 6.07) is 7.17. The minimum absolute atomic E-state index is 0.425. The first-order chi connectivity index (χ1) is 7.56. The molecule has 0 saturated carbocycles. The third-order valence-electron chi connectivity index (χ3n) is 1.99. The first-order valence-electron chi connectivity index (χ1n) is 4.53. The van der Waals surface area contributed by atoms with Crippen LogP contribution in [0, 0.1) is 6.92 Å². The summed E-state index contributed by atoms with van der Waals surface area (Å²) in [6.45, 7) is 1.87. The molecule has 0 N–H and O–H groups in total. The van der Waals surface area contributed by atoms with Gasteiger partial charge in [0.2, 0.25) is 0 Å². The van der Waals surface area contributed by atoms with Crippen LogP contribution in [0.4, 0.5) is 0 Å². The van der Waals surface area contributed by atoms with E-state index in [2.05, 4.69) is 25.9 Å². The van der Waals surface area contributed by atoms with Crippen molar-refractivity contribution in [2.24, 2.45) is 0 Å². The molecule has 82 valence electrons. The number of nitrogens with zero attached hydrogens (tertiary/aromatic N) is 2. The van der Waals surface area contributed by atoms with Gasteiger partial charge in [0.15, 0.2) is 5.82 Å². The maximum Gasteiger partial charge on any atom is 0.162 e. The molecule has 0 atom stereocenters. The maximum atomic E-state index is 5.94.